The maximum Gasteiger partial charge on any atom is 0.243 e. The third-order valence-electron chi connectivity index (χ3n) is 4.08. The summed E-state index contributed by atoms with van der Waals surface area (Å²) >= 11 is 3.39. The van der Waals surface area contributed by atoms with E-state index in [0.717, 1.165) is 15.6 Å². The number of nitrogens with zero attached hydrogens (tertiary/aromatic N) is 3. The normalized spacial score (nSPS) is 22.6. The Balaban J connectivity index is 2.03. The van der Waals surface area contributed by atoms with Gasteiger partial charge in [0.1, 0.15) is 0 Å². The fourth-order valence-corrected chi connectivity index (χ4v) is 6.21. The Morgan fingerprint density at radius 3 is 2.75 bits per heavy atom. The monoisotopic (exact) mass is 431 g/mol. The molecule has 0 N–H and O–H groups in total. The predicted octanol–water partition coefficient (Wildman–Crippen LogP) is 1.99. The molecule has 0 bridgehead atoms. The molecule has 0 aliphatic carbocycles. The van der Waals surface area contributed by atoms with Crippen molar-refractivity contribution in [2.75, 3.05) is 18.1 Å². The van der Waals surface area contributed by atoms with Crippen LogP contribution in [0.2, 0.25) is 0 Å². The molecule has 9 heteroatoms. The summed E-state index contributed by atoms with van der Waals surface area (Å²) in [6.07, 6.45) is 3.42. The number of sulfonamides is 1. The van der Waals surface area contributed by atoms with Gasteiger partial charge in [-0.3, -0.25) is 8.89 Å². The van der Waals surface area contributed by atoms with Crippen molar-refractivity contribution in [3.63, 3.8) is 0 Å². The summed E-state index contributed by atoms with van der Waals surface area (Å²) in [7, 11) is -2.93. The van der Waals surface area contributed by atoms with Crippen molar-refractivity contribution in [3.8, 4) is 0 Å². The summed E-state index contributed by atoms with van der Waals surface area (Å²) < 4.78 is 42.2. The molecule has 2 heterocycles. The summed E-state index contributed by atoms with van der Waals surface area (Å²) in [6.45, 7) is 2.09. The van der Waals surface area contributed by atoms with Gasteiger partial charge in [-0.05, 0) is 30.7 Å². The van der Waals surface area contributed by atoms with Gasteiger partial charge in [0.15, 0.2) is 0 Å². The summed E-state index contributed by atoms with van der Waals surface area (Å²) in [5.74, 6) is 0.645. The zero-order valence-electron chi connectivity index (χ0n) is 13.3. The smallest absolute Gasteiger partial charge is 0.243 e. The number of rotatable bonds is 3. The molecule has 0 saturated carbocycles. The van der Waals surface area contributed by atoms with Crippen LogP contribution >= 0.6 is 15.9 Å². The first-order valence-electron chi connectivity index (χ1n) is 7.40. The van der Waals surface area contributed by atoms with E-state index in [1.807, 2.05) is 6.92 Å². The molecule has 1 fully saturated rings. The van der Waals surface area contributed by atoms with Gasteiger partial charge < -0.3 is 0 Å². The first-order valence-corrected chi connectivity index (χ1v) is 11.1. The lowest BCUT2D eigenvalue weighted by Gasteiger charge is -2.33. The van der Waals surface area contributed by atoms with Crippen LogP contribution in [0.1, 0.15) is 17.2 Å². The molecule has 6 nitrogen and oxygen atoms in total. The Bertz CT molecular complexity index is 895. The molecule has 3 rings (SSSR count). The summed E-state index contributed by atoms with van der Waals surface area (Å²) in [4.78, 5) is 0.254. The molecule has 24 heavy (non-hydrogen) atoms. The highest BCUT2D eigenvalue weighted by molar-refractivity contribution is 9.10. The van der Waals surface area contributed by atoms with Gasteiger partial charge in [-0.15, -0.1) is 0 Å². The van der Waals surface area contributed by atoms with E-state index < -0.39 is 26.9 Å². The van der Waals surface area contributed by atoms with E-state index in [2.05, 4.69) is 21.0 Å². The minimum atomic E-state index is -3.67. The molecule has 2 unspecified atom stereocenters. The van der Waals surface area contributed by atoms with Crippen LogP contribution in [-0.4, -0.2) is 44.8 Å². The Labute approximate surface area is 152 Å². The lowest BCUT2D eigenvalue weighted by Crippen LogP contribution is -2.44. The first kappa shape index (κ1) is 17.8. The zero-order chi connectivity index (χ0) is 17.5. The van der Waals surface area contributed by atoms with Crippen LogP contribution < -0.4 is 0 Å². The molecule has 1 aromatic carbocycles. The number of aromatic nitrogens is 2. The van der Waals surface area contributed by atoms with E-state index in [1.165, 1.54) is 4.31 Å². The third kappa shape index (κ3) is 3.35. The summed E-state index contributed by atoms with van der Waals surface area (Å²) in [5, 5.41) is 4.12. The Kier molecular flexibility index (Phi) is 4.96. The average molecular weight is 432 g/mol. The number of benzene rings is 1. The van der Waals surface area contributed by atoms with Crippen LogP contribution in [0, 0.1) is 6.92 Å². The van der Waals surface area contributed by atoms with Crippen LogP contribution in [0.3, 0.4) is 0 Å². The van der Waals surface area contributed by atoms with E-state index in [4.69, 9.17) is 0 Å². The minimum absolute atomic E-state index is 0.240. The van der Waals surface area contributed by atoms with Crippen LogP contribution in [0.4, 0.5) is 0 Å². The highest BCUT2D eigenvalue weighted by atomic mass is 79.9. The summed E-state index contributed by atoms with van der Waals surface area (Å²) in [5.41, 5.74) is 1.62. The van der Waals surface area contributed by atoms with Gasteiger partial charge in [0.2, 0.25) is 10.0 Å². The molecule has 0 spiro atoms. The highest BCUT2D eigenvalue weighted by Crippen LogP contribution is 2.32. The Hall–Kier alpha value is -1.03. The van der Waals surface area contributed by atoms with Gasteiger partial charge in [-0.25, -0.2) is 8.42 Å². The largest absolute Gasteiger partial charge is 0.275 e. The van der Waals surface area contributed by atoms with Gasteiger partial charge in [0.05, 0.1) is 17.1 Å². The highest BCUT2D eigenvalue weighted by Gasteiger charge is 2.37. The fraction of sp³-hybridized carbons (Fsp3) is 0.400. The lowest BCUT2D eigenvalue weighted by atomic mass is 10.2. The molecule has 1 saturated heterocycles. The van der Waals surface area contributed by atoms with Crippen molar-refractivity contribution in [2.45, 2.75) is 17.9 Å². The quantitative estimate of drug-likeness (QED) is 0.744. The van der Waals surface area contributed by atoms with Gasteiger partial charge in [0.25, 0.3) is 0 Å². The summed E-state index contributed by atoms with van der Waals surface area (Å²) in [6, 6.07) is 4.54. The molecule has 2 atom stereocenters. The standard InChI is InChI=1S/C15H18BrN3O3S2/c1-11-7-13(3-4-14(11)16)24(21,22)19-5-6-23(20)10-15(19)12-8-17-18(2)9-12/h3-4,7-9,15H,5-6,10H2,1-2H3. The number of hydrogen-bond donors (Lipinski definition) is 0. The fourth-order valence-electron chi connectivity index (χ4n) is 2.77. The second kappa shape index (κ2) is 6.70. The van der Waals surface area contributed by atoms with Crippen molar-refractivity contribution in [3.05, 3.63) is 46.2 Å². The Morgan fingerprint density at radius 1 is 1.38 bits per heavy atom. The zero-order valence-corrected chi connectivity index (χ0v) is 16.6. The average Bonchev–Trinajstić information content (AvgIpc) is 2.96. The van der Waals surface area contributed by atoms with Crippen molar-refractivity contribution in [1.82, 2.24) is 14.1 Å². The van der Waals surface area contributed by atoms with Crippen LogP contribution in [0.5, 0.6) is 0 Å². The SMILES string of the molecule is Cc1cc(S(=O)(=O)N2CCS(=O)CC2c2cnn(C)c2)ccc1Br. The third-order valence-corrected chi connectivity index (χ3v) is 8.20. The van der Waals surface area contributed by atoms with Crippen LogP contribution in [0.25, 0.3) is 0 Å². The minimum Gasteiger partial charge on any atom is -0.275 e. The maximum absolute atomic E-state index is 13.1. The molecular formula is C15H18BrN3O3S2. The second-order valence-corrected chi connectivity index (χ2v) is 10.2. The van der Waals surface area contributed by atoms with Gasteiger partial charge >= 0.3 is 0 Å². The number of halogens is 1. The molecule has 0 amide bonds. The topological polar surface area (TPSA) is 72.3 Å². The molecular weight excluding hydrogens is 414 g/mol. The van der Waals surface area contributed by atoms with E-state index >= 15 is 0 Å². The van der Waals surface area contributed by atoms with E-state index in [-0.39, 0.29) is 11.4 Å². The van der Waals surface area contributed by atoms with E-state index in [1.54, 1.807) is 42.3 Å². The molecule has 1 aromatic heterocycles. The maximum atomic E-state index is 13.1. The van der Waals surface area contributed by atoms with E-state index in [9.17, 15) is 12.6 Å². The van der Waals surface area contributed by atoms with Gasteiger partial charge in [0, 0.05) is 52.1 Å². The van der Waals surface area contributed by atoms with Crippen molar-refractivity contribution in [1.29, 1.82) is 0 Å². The number of aryl methyl sites for hydroxylation is 2. The number of hydrogen-bond acceptors (Lipinski definition) is 4. The van der Waals surface area contributed by atoms with Gasteiger partial charge in [-0.1, -0.05) is 15.9 Å². The lowest BCUT2D eigenvalue weighted by molar-refractivity contribution is 0.351. The molecule has 0 radical (unpaired) electrons. The molecule has 2 aromatic rings. The van der Waals surface area contributed by atoms with Crippen LogP contribution in [0.15, 0.2) is 40.0 Å². The van der Waals surface area contributed by atoms with Crippen LogP contribution in [-0.2, 0) is 27.9 Å². The van der Waals surface area contributed by atoms with Crippen molar-refractivity contribution >= 4 is 36.8 Å². The van der Waals surface area contributed by atoms with Gasteiger partial charge in [-0.2, -0.15) is 9.40 Å². The van der Waals surface area contributed by atoms with Crippen molar-refractivity contribution in [2.24, 2.45) is 7.05 Å². The molecule has 1 aliphatic rings. The second-order valence-electron chi connectivity index (χ2n) is 5.80. The molecule has 1 aliphatic heterocycles. The Morgan fingerprint density at radius 2 is 2.12 bits per heavy atom. The predicted molar refractivity (Wildman–Crippen MR) is 96.6 cm³/mol. The van der Waals surface area contributed by atoms with Crippen molar-refractivity contribution < 1.29 is 12.6 Å². The first-order chi connectivity index (χ1) is 11.3. The van der Waals surface area contributed by atoms with E-state index in [0.29, 0.717) is 11.5 Å². The molecule has 130 valence electrons.